The molecule has 0 heterocycles. The van der Waals surface area contributed by atoms with Crippen LogP contribution < -0.4 is 16.0 Å². The Hall–Kier alpha value is -4.00. The first-order valence-electron chi connectivity index (χ1n) is 14.7. The predicted octanol–water partition coefficient (Wildman–Crippen LogP) is 5.04. The number of benzene rings is 3. The van der Waals surface area contributed by atoms with E-state index in [1.165, 1.54) is 6.07 Å². The van der Waals surface area contributed by atoms with E-state index in [0.29, 0.717) is 49.8 Å². The molecule has 0 spiro atoms. The number of carbonyl (C=O) groups is 2. The number of rotatable bonds is 18. The van der Waals surface area contributed by atoms with Gasteiger partial charge in [-0.1, -0.05) is 49.2 Å². The third-order valence-corrected chi connectivity index (χ3v) is 6.25. The summed E-state index contributed by atoms with van der Waals surface area (Å²) in [4.78, 5) is 21.2. The van der Waals surface area contributed by atoms with Crippen molar-refractivity contribution in [3.8, 4) is 5.75 Å². The largest absolute Gasteiger partial charge is 0.508 e. The van der Waals surface area contributed by atoms with Crippen molar-refractivity contribution in [2.75, 3.05) is 43.5 Å². The van der Waals surface area contributed by atoms with Crippen LogP contribution in [-0.4, -0.2) is 65.3 Å². The zero-order chi connectivity index (χ0) is 32.0. The van der Waals surface area contributed by atoms with Gasteiger partial charge in [-0.25, -0.2) is 4.79 Å². The number of aliphatic hydroxyl groups is 2. The molecule has 0 aliphatic carbocycles. The van der Waals surface area contributed by atoms with Crippen molar-refractivity contribution in [2.24, 2.45) is 0 Å². The fourth-order valence-corrected chi connectivity index (χ4v) is 4.07. The predicted molar refractivity (Wildman–Crippen MR) is 170 cm³/mol. The molecule has 0 aliphatic heterocycles. The Labute approximate surface area is 258 Å². The van der Waals surface area contributed by atoms with Crippen molar-refractivity contribution in [1.29, 1.82) is 0 Å². The van der Waals surface area contributed by atoms with Gasteiger partial charge in [0.2, 0.25) is 0 Å². The quantitative estimate of drug-likeness (QED) is 0.0975. The van der Waals surface area contributed by atoms with Gasteiger partial charge in [-0.2, -0.15) is 0 Å². The second-order valence-electron chi connectivity index (χ2n) is 10.0. The number of unbranched alkanes of at least 4 members (excludes halogenated alkanes) is 3. The minimum atomic E-state index is -0.833. The van der Waals surface area contributed by atoms with Crippen molar-refractivity contribution in [1.82, 2.24) is 5.32 Å². The third kappa shape index (κ3) is 16.0. The van der Waals surface area contributed by atoms with Gasteiger partial charge in [-0.3, -0.25) is 4.79 Å². The highest BCUT2D eigenvalue weighted by molar-refractivity contribution is 5.99. The van der Waals surface area contributed by atoms with Gasteiger partial charge in [0.1, 0.15) is 5.75 Å². The number of carbonyl (C=O) groups excluding carboxylic acids is 1. The monoisotopic (exact) mass is 611 g/mol. The zero-order valence-electron chi connectivity index (χ0n) is 25.2. The van der Waals surface area contributed by atoms with E-state index in [0.717, 1.165) is 50.4 Å². The van der Waals surface area contributed by atoms with Crippen molar-refractivity contribution in [3.63, 3.8) is 0 Å². The number of para-hydroxylation sites is 1. The molecule has 0 fully saturated rings. The van der Waals surface area contributed by atoms with Crippen molar-refractivity contribution in [2.45, 2.75) is 51.9 Å². The number of hydrogen-bond acceptors (Lipinski definition) is 8. The maximum Gasteiger partial charge on any atom is 0.323 e. The Bertz CT molecular complexity index is 1240. The second kappa shape index (κ2) is 21.7. The molecule has 240 valence electrons. The van der Waals surface area contributed by atoms with Gasteiger partial charge in [0.25, 0.3) is 5.97 Å². The van der Waals surface area contributed by atoms with Gasteiger partial charge in [0.15, 0.2) is 0 Å². The highest BCUT2D eigenvalue weighted by atomic mass is 16.5. The Morgan fingerprint density at radius 3 is 2.25 bits per heavy atom. The van der Waals surface area contributed by atoms with E-state index in [1.54, 1.807) is 12.1 Å². The molecule has 0 bridgehead atoms. The number of aliphatic hydroxyl groups excluding tert-OH is 2. The highest BCUT2D eigenvalue weighted by Crippen LogP contribution is 2.22. The number of nitrogens with one attached hydrogen (secondary N) is 3. The Balaban J connectivity index is 0.00000159. The first-order chi connectivity index (χ1) is 21.3. The minimum Gasteiger partial charge on any atom is -0.508 e. The molecule has 2 amide bonds. The lowest BCUT2D eigenvalue weighted by Crippen LogP contribution is -2.22. The van der Waals surface area contributed by atoms with Gasteiger partial charge >= 0.3 is 6.03 Å². The molecule has 11 nitrogen and oxygen atoms in total. The summed E-state index contributed by atoms with van der Waals surface area (Å²) < 4.78 is 11.4. The van der Waals surface area contributed by atoms with Crippen LogP contribution in [-0.2, 0) is 27.5 Å². The van der Waals surface area contributed by atoms with Crippen LogP contribution in [0.3, 0.4) is 0 Å². The number of urea groups is 1. The lowest BCUT2D eigenvalue weighted by molar-refractivity contribution is -0.134. The molecular formula is C33H45N3O8. The summed E-state index contributed by atoms with van der Waals surface area (Å²) in [6, 6.07) is 21.3. The van der Waals surface area contributed by atoms with Crippen LogP contribution in [0.5, 0.6) is 5.75 Å². The summed E-state index contributed by atoms with van der Waals surface area (Å²) >= 11 is 0. The number of phenols is 1. The fourth-order valence-electron chi connectivity index (χ4n) is 4.07. The van der Waals surface area contributed by atoms with Crippen LogP contribution in [0.4, 0.5) is 16.2 Å². The lowest BCUT2D eigenvalue weighted by atomic mass is 10.1. The van der Waals surface area contributed by atoms with Gasteiger partial charge in [0.05, 0.1) is 32.5 Å². The van der Waals surface area contributed by atoms with Crippen molar-refractivity contribution < 1.29 is 39.5 Å². The van der Waals surface area contributed by atoms with Gasteiger partial charge in [-0.15, -0.1) is 0 Å². The van der Waals surface area contributed by atoms with E-state index in [-0.39, 0.29) is 18.4 Å². The average molecular weight is 612 g/mol. The SMILES string of the molecule is CC(=O)O.O=C(Nc1ccccc1)Nc1cccc(COCCOCCCCCCNC[C@H](O)c2ccc(O)c(CO)c2)c1. The molecule has 44 heavy (non-hydrogen) atoms. The van der Waals surface area contributed by atoms with Crippen molar-refractivity contribution in [3.05, 3.63) is 89.5 Å². The lowest BCUT2D eigenvalue weighted by Gasteiger charge is -2.14. The number of hydrogen-bond donors (Lipinski definition) is 7. The van der Waals surface area contributed by atoms with Crippen LogP contribution in [0, 0.1) is 0 Å². The van der Waals surface area contributed by atoms with Crippen molar-refractivity contribution >= 4 is 23.4 Å². The zero-order valence-corrected chi connectivity index (χ0v) is 25.2. The molecule has 7 N–H and O–H groups in total. The first-order valence-corrected chi connectivity index (χ1v) is 14.7. The van der Waals surface area contributed by atoms with E-state index in [4.69, 9.17) is 19.4 Å². The molecule has 0 aromatic heterocycles. The maximum atomic E-state index is 12.2. The van der Waals surface area contributed by atoms with E-state index in [9.17, 15) is 20.1 Å². The van der Waals surface area contributed by atoms with Crippen LogP contribution >= 0.6 is 0 Å². The van der Waals surface area contributed by atoms with E-state index < -0.39 is 12.1 Å². The number of carboxylic acid groups (broad SMARTS) is 1. The summed E-state index contributed by atoms with van der Waals surface area (Å²) in [5.74, 6) is -0.801. The molecule has 11 heteroatoms. The molecule has 3 aromatic carbocycles. The maximum absolute atomic E-state index is 12.2. The van der Waals surface area contributed by atoms with E-state index in [2.05, 4.69) is 16.0 Å². The fraction of sp³-hybridized carbons (Fsp3) is 0.394. The van der Waals surface area contributed by atoms with Gasteiger partial charge in [0, 0.05) is 37.0 Å². The number of aromatic hydroxyl groups is 1. The highest BCUT2D eigenvalue weighted by Gasteiger charge is 2.10. The number of carboxylic acids is 1. The van der Waals surface area contributed by atoms with Gasteiger partial charge in [-0.05, 0) is 66.9 Å². The van der Waals surface area contributed by atoms with E-state index >= 15 is 0 Å². The summed E-state index contributed by atoms with van der Waals surface area (Å²) in [6.45, 7) is 4.22. The molecule has 0 saturated heterocycles. The topological polar surface area (TPSA) is 170 Å². The number of aliphatic carboxylic acids is 1. The Kier molecular flexibility index (Phi) is 17.8. The number of anilines is 2. The minimum absolute atomic E-state index is 0.0324. The number of ether oxygens (including phenoxy) is 2. The molecule has 0 saturated carbocycles. The summed E-state index contributed by atoms with van der Waals surface area (Å²) in [5.41, 5.74) is 3.48. The van der Waals surface area contributed by atoms with Crippen LogP contribution in [0.1, 0.15) is 55.4 Å². The first kappa shape index (κ1) is 36.2. The van der Waals surface area contributed by atoms with Crippen LogP contribution in [0.15, 0.2) is 72.8 Å². The summed E-state index contributed by atoms with van der Waals surface area (Å²) in [5, 5.41) is 45.4. The molecule has 1 atom stereocenters. The molecule has 3 rings (SSSR count). The number of amides is 2. The third-order valence-electron chi connectivity index (χ3n) is 6.25. The Morgan fingerprint density at radius 2 is 1.50 bits per heavy atom. The average Bonchev–Trinajstić information content (AvgIpc) is 3.00. The standard InChI is InChI=1S/C31H41N3O6.C2H4O2/c35-22-26-20-25(13-14-29(26)36)30(37)21-32-15-6-1-2-7-16-39-17-18-40-23-24-9-8-12-28(19-24)34-31(38)33-27-10-4-3-5-11-27;1-2(3)4/h3-5,8-14,19-20,30,32,35-37H,1-2,6-7,15-18,21-23H2,(H2,33,34,38);1H3,(H,3,4)/t30-;/m0./s1. The van der Waals surface area contributed by atoms with Crippen LogP contribution in [0.25, 0.3) is 0 Å². The van der Waals surface area contributed by atoms with Crippen LogP contribution in [0.2, 0.25) is 0 Å². The molecular weight excluding hydrogens is 566 g/mol. The van der Waals surface area contributed by atoms with Gasteiger partial charge < -0.3 is 45.9 Å². The molecule has 0 unspecified atom stereocenters. The second-order valence-corrected chi connectivity index (χ2v) is 10.0. The normalized spacial score (nSPS) is 11.2. The smallest absolute Gasteiger partial charge is 0.323 e. The summed E-state index contributed by atoms with van der Waals surface area (Å²) in [6.07, 6.45) is 3.45. The molecule has 0 aliphatic rings. The molecule has 0 radical (unpaired) electrons. The summed E-state index contributed by atoms with van der Waals surface area (Å²) in [7, 11) is 0. The Morgan fingerprint density at radius 1 is 0.818 bits per heavy atom. The van der Waals surface area contributed by atoms with E-state index in [1.807, 2.05) is 54.6 Å². The molecule has 3 aromatic rings.